The summed E-state index contributed by atoms with van der Waals surface area (Å²) in [5, 5.41) is 50.8. The maximum Gasteiger partial charge on any atom is 0.165 e. The van der Waals surface area contributed by atoms with Crippen molar-refractivity contribution in [3.63, 3.8) is 0 Å². The Kier molecular flexibility index (Phi) is 3.77. The Labute approximate surface area is 131 Å². The highest BCUT2D eigenvalue weighted by Crippen LogP contribution is 2.43. The second-order valence-electron chi connectivity index (χ2n) is 5.62. The molecule has 2 aromatic rings. The fourth-order valence-electron chi connectivity index (χ4n) is 2.72. The molecule has 9 heteroatoms. The summed E-state index contributed by atoms with van der Waals surface area (Å²) in [5.74, 6) is -1.72. The third kappa shape index (κ3) is 2.00. The van der Waals surface area contributed by atoms with Crippen LogP contribution < -0.4 is 21.9 Å². The van der Waals surface area contributed by atoms with E-state index in [0.29, 0.717) is 16.5 Å². The monoisotopic (exact) mass is 296 g/mol. The predicted molar refractivity (Wildman–Crippen MR) is 97.7 cm³/mol. The molecule has 0 fully saturated rings. The first kappa shape index (κ1) is 16.1. The van der Waals surface area contributed by atoms with E-state index in [4.69, 9.17) is 0 Å². The third-order valence-electron chi connectivity index (χ3n) is 4.47. The van der Waals surface area contributed by atoms with Crippen molar-refractivity contribution < 1.29 is 25.5 Å². The van der Waals surface area contributed by atoms with Gasteiger partial charge in [0.15, 0.2) is 23.0 Å². The minimum absolute atomic E-state index is 0.106. The first-order valence-corrected chi connectivity index (χ1v) is 6.87. The summed E-state index contributed by atoms with van der Waals surface area (Å²) in [6, 6.07) is 0. The molecule has 5 nitrogen and oxygen atoms in total. The fraction of sp³-hybridized carbons (Fsp3) is 0.0769. The Morgan fingerprint density at radius 2 is 0.955 bits per heavy atom. The van der Waals surface area contributed by atoms with Gasteiger partial charge in [-0.05, 0) is 23.4 Å². The molecule has 0 spiro atoms. The highest BCUT2D eigenvalue weighted by molar-refractivity contribution is 6.51. The minimum atomic E-state index is -0.449. The summed E-state index contributed by atoms with van der Waals surface area (Å²) >= 11 is 0. The normalized spacial score (nSPS) is 10.8. The number of benzene rings is 2. The van der Waals surface area contributed by atoms with Gasteiger partial charge in [-0.3, -0.25) is 0 Å². The second kappa shape index (κ2) is 5.16. The summed E-state index contributed by atoms with van der Waals surface area (Å²) < 4.78 is 0. The van der Waals surface area contributed by atoms with Gasteiger partial charge in [0, 0.05) is 11.1 Å². The van der Waals surface area contributed by atoms with Crippen LogP contribution in [0.2, 0.25) is 0 Å². The van der Waals surface area contributed by atoms with Gasteiger partial charge in [-0.25, -0.2) is 0 Å². The summed E-state index contributed by atoms with van der Waals surface area (Å²) in [5.41, 5.74) is 2.71. The molecule has 5 N–H and O–H groups in total. The van der Waals surface area contributed by atoms with Crippen molar-refractivity contribution in [1.29, 1.82) is 0 Å². The average Bonchev–Trinajstić information content (AvgIpc) is 2.50. The number of phenolic OH excluding ortho intramolecular Hbond substituents is 5. The molecule has 0 bridgehead atoms. The third-order valence-corrected chi connectivity index (χ3v) is 4.47. The zero-order valence-electron chi connectivity index (χ0n) is 13.2. The molecule has 0 aromatic heterocycles. The highest BCUT2D eigenvalue weighted by Gasteiger charge is 2.25. The van der Waals surface area contributed by atoms with Crippen LogP contribution in [0.15, 0.2) is 0 Å². The molecule has 0 saturated heterocycles. The predicted octanol–water partition coefficient (Wildman–Crippen LogP) is -4.78. The van der Waals surface area contributed by atoms with Crippen LogP contribution in [-0.2, 0) is 0 Å². The summed E-state index contributed by atoms with van der Waals surface area (Å²) in [6.07, 6.45) is 0. The van der Waals surface area contributed by atoms with Gasteiger partial charge in [0.2, 0.25) is 0 Å². The second-order valence-corrected chi connectivity index (χ2v) is 5.62. The van der Waals surface area contributed by atoms with Crippen molar-refractivity contribution >= 4 is 53.2 Å². The molecule has 0 atom stereocenters. The van der Waals surface area contributed by atoms with Gasteiger partial charge in [-0.15, -0.1) is 0 Å². The van der Waals surface area contributed by atoms with E-state index in [0.717, 1.165) is 5.46 Å². The van der Waals surface area contributed by atoms with Crippen LogP contribution in [0.1, 0.15) is 5.56 Å². The number of hydrogen-bond acceptors (Lipinski definition) is 5. The molecule has 0 saturated carbocycles. The van der Waals surface area contributed by atoms with Crippen LogP contribution in [0.25, 0.3) is 11.1 Å². The molecule has 2 rings (SSSR count). The van der Waals surface area contributed by atoms with Gasteiger partial charge in [0.05, 0.1) is 0 Å². The van der Waals surface area contributed by atoms with Crippen molar-refractivity contribution in [3.05, 3.63) is 5.56 Å². The zero-order valence-corrected chi connectivity index (χ0v) is 13.2. The lowest BCUT2D eigenvalue weighted by molar-refractivity contribution is 0.400. The van der Waals surface area contributed by atoms with E-state index in [2.05, 4.69) is 0 Å². The molecule has 0 radical (unpaired) electrons. The van der Waals surface area contributed by atoms with Gasteiger partial charge in [0.25, 0.3) is 0 Å². The van der Waals surface area contributed by atoms with E-state index in [-0.39, 0.29) is 33.8 Å². The molecular formula is C13H16B4O5. The number of rotatable bonds is 1. The summed E-state index contributed by atoms with van der Waals surface area (Å²) in [4.78, 5) is 0. The first-order valence-electron chi connectivity index (χ1n) is 6.87. The van der Waals surface area contributed by atoms with E-state index in [1.165, 1.54) is 7.85 Å². The van der Waals surface area contributed by atoms with E-state index >= 15 is 0 Å². The van der Waals surface area contributed by atoms with E-state index in [1.807, 2.05) is 0 Å². The molecule has 0 unspecified atom stereocenters. The molecule has 0 amide bonds. The lowest BCUT2D eigenvalue weighted by Gasteiger charge is -2.21. The molecule has 110 valence electrons. The van der Waals surface area contributed by atoms with Crippen LogP contribution in [-0.4, -0.2) is 56.9 Å². The molecular weight excluding hydrogens is 279 g/mol. The maximum absolute atomic E-state index is 10.3. The van der Waals surface area contributed by atoms with Gasteiger partial charge in [-0.1, -0.05) is 10.9 Å². The largest absolute Gasteiger partial charge is 0.509 e. The zero-order chi connectivity index (χ0) is 16.9. The highest BCUT2D eigenvalue weighted by atomic mass is 16.3. The van der Waals surface area contributed by atoms with Crippen LogP contribution in [0.5, 0.6) is 28.7 Å². The van der Waals surface area contributed by atoms with Crippen molar-refractivity contribution in [2.75, 3.05) is 0 Å². The Bertz CT molecular complexity index is 678. The topological polar surface area (TPSA) is 101 Å². The maximum atomic E-state index is 10.3. The van der Waals surface area contributed by atoms with Gasteiger partial charge >= 0.3 is 0 Å². The Morgan fingerprint density at radius 3 is 1.50 bits per heavy atom. The van der Waals surface area contributed by atoms with Crippen molar-refractivity contribution in [2.45, 2.75) is 6.92 Å². The molecule has 22 heavy (non-hydrogen) atoms. The quantitative estimate of drug-likeness (QED) is 0.207. The van der Waals surface area contributed by atoms with E-state index < -0.39 is 11.5 Å². The van der Waals surface area contributed by atoms with Crippen molar-refractivity contribution in [2.24, 2.45) is 0 Å². The fourth-order valence-corrected chi connectivity index (χ4v) is 2.72. The SMILES string of the molecule is Bc1c(B)c(O)c(O)c(-c2c(B)c(O)c(B)c(O)c2O)c1C. The Morgan fingerprint density at radius 1 is 0.500 bits per heavy atom. The van der Waals surface area contributed by atoms with Crippen molar-refractivity contribution in [3.8, 4) is 39.9 Å². The number of hydrogen-bond donors (Lipinski definition) is 5. The van der Waals surface area contributed by atoms with Gasteiger partial charge < -0.3 is 25.5 Å². The Hall–Kier alpha value is -2.30. The molecule has 2 aromatic carbocycles. The molecule has 0 heterocycles. The number of phenols is 5. The van der Waals surface area contributed by atoms with E-state index in [9.17, 15) is 25.5 Å². The van der Waals surface area contributed by atoms with Gasteiger partial charge in [-0.2, -0.15) is 0 Å². The van der Waals surface area contributed by atoms with Gasteiger partial charge in [0.1, 0.15) is 37.1 Å². The standard InChI is InChI=1S/C13H16B4O5/c1-2-3(9(18)12(21)7(16)5(2)14)4-6(15)11(20)8(17)13(22)10(4)19/h18-22H,14-17H2,1H3. The Balaban J connectivity index is 3.03. The smallest absolute Gasteiger partial charge is 0.165 e. The lowest BCUT2D eigenvalue weighted by atomic mass is 9.72. The molecule has 0 aliphatic carbocycles. The minimum Gasteiger partial charge on any atom is -0.509 e. The lowest BCUT2D eigenvalue weighted by Crippen LogP contribution is -2.30. The average molecular weight is 296 g/mol. The van der Waals surface area contributed by atoms with Crippen LogP contribution in [0, 0.1) is 6.92 Å². The number of aromatic hydroxyl groups is 5. The van der Waals surface area contributed by atoms with Crippen LogP contribution in [0.4, 0.5) is 0 Å². The molecule has 0 aliphatic heterocycles. The summed E-state index contributed by atoms with van der Waals surface area (Å²) in [7, 11) is 6.51. The molecule has 0 aliphatic rings. The van der Waals surface area contributed by atoms with E-state index in [1.54, 1.807) is 30.5 Å². The van der Waals surface area contributed by atoms with Crippen molar-refractivity contribution in [1.82, 2.24) is 0 Å². The van der Waals surface area contributed by atoms with Crippen LogP contribution >= 0.6 is 0 Å². The first-order chi connectivity index (χ1) is 10.1. The summed E-state index contributed by atoms with van der Waals surface area (Å²) in [6.45, 7) is 1.74. The van der Waals surface area contributed by atoms with Crippen LogP contribution in [0.3, 0.4) is 0 Å².